The van der Waals surface area contributed by atoms with E-state index >= 15 is 0 Å². The van der Waals surface area contributed by atoms with Crippen LogP contribution in [0.3, 0.4) is 0 Å². The van der Waals surface area contributed by atoms with Crippen LogP contribution in [-0.2, 0) is 0 Å². The lowest BCUT2D eigenvalue weighted by Gasteiger charge is -2.27. The normalized spacial score (nSPS) is 25.7. The summed E-state index contributed by atoms with van der Waals surface area (Å²) in [5, 5.41) is 4.47. The van der Waals surface area contributed by atoms with Crippen molar-refractivity contribution in [1.82, 2.24) is 10.2 Å². The van der Waals surface area contributed by atoms with E-state index in [-0.39, 0.29) is 0 Å². The Bertz CT molecular complexity index is 185. The van der Waals surface area contributed by atoms with Crippen LogP contribution in [-0.4, -0.2) is 48.6 Å². The largest absolute Gasteiger partial charge is 0.312 e. The third-order valence-electron chi connectivity index (χ3n) is 3.57. The van der Waals surface area contributed by atoms with Gasteiger partial charge in [0.2, 0.25) is 0 Å². The highest BCUT2D eigenvalue weighted by molar-refractivity contribution is 7.99. The van der Waals surface area contributed by atoms with Crippen LogP contribution >= 0.6 is 11.8 Å². The molecule has 0 aromatic heterocycles. The highest BCUT2D eigenvalue weighted by Crippen LogP contribution is 2.13. The Balaban J connectivity index is 2.34. The summed E-state index contributed by atoms with van der Waals surface area (Å²) in [6, 6.07) is 0.687. The molecule has 1 aliphatic heterocycles. The van der Waals surface area contributed by atoms with Gasteiger partial charge < -0.3 is 10.2 Å². The van der Waals surface area contributed by atoms with Gasteiger partial charge in [-0.15, -0.1) is 0 Å². The molecule has 1 aliphatic rings. The van der Waals surface area contributed by atoms with Crippen molar-refractivity contribution in [3.8, 4) is 0 Å². The summed E-state index contributed by atoms with van der Waals surface area (Å²) in [6.07, 6.45) is 4.84. The van der Waals surface area contributed by atoms with Crippen LogP contribution in [0.25, 0.3) is 0 Å². The summed E-state index contributed by atoms with van der Waals surface area (Å²) in [6.45, 7) is 12.0. The summed E-state index contributed by atoms with van der Waals surface area (Å²) < 4.78 is 0. The number of rotatable bonds is 5. The van der Waals surface area contributed by atoms with E-state index in [1.54, 1.807) is 0 Å². The van der Waals surface area contributed by atoms with Gasteiger partial charge in [-0.05, 0) is 44.6 Å². The predicted molar refractivity (Wildman–Crippen MR) is 75.3 cm³/mol. The van der Waals surface area contributed by atoms with E-state index in [2.05, 4.69) is 37.2 Å². The van der Waals surface area contributed by atoms with Gasteiger partial charge in [0.15, 0.2) is 0 Å². The fourth-order valence-electron chi connectivity index (χ4n) is 2.16. The first-order chi connectivity index (χ1) is 7.63. The lowest BCUT2D eigenvalue weighted by molar-refractivity contribution is 0.243. The van der Waals surface area contributed by atoms with Crippen molar-refractivity contribution in [2.75, 3.05) is 32.4 Å². The quantitative estimate of drug-likeness (QED) is 0.800. The fraction of sp³-hybridized carbons (Fsp3) is 1.00. The van der Waals surface area contributed by atoms with Crippen molar-refractivity contribution in [3.05, 3.63) is 0 Å². The summed E-state index contributed by atoms with van der Waals surface area (Å²) >= 11 is 1.98. The average Bonchev–Trinajstić information content (AvgIpc) is 2.51. The lowest BCUT2D eigenvalue weighted by Crippen LogP contribution is -2.41. The van der Waals surface area contributed by atoms with Crippen LogP contribution in [0.5, 0.6) is 0 Å². The first kappa shape index (κ1) is 14.3. The molecule has 2 unspecified atom stereocenters. The molecule has 1 heterocycles. The van der Waals surface area contributed by atoms with Crippen LogP contribution in [0.1, 0.15) is 33.6 Å². The molecular weight excluding hydrogens is 216 g/mol. The standard InChI is InChI=1S/C13H28N2S/c1-11(2)13-10-15(8-5-7-14-13)9-6-12(3)16-4/h11-14H,5-10H2,1-4H3. The maximum Gasteiger partial charge on any atom is 0.0217 e. The van der Waals surface area contributed by atoms with E-state index in [9.17, 15) is 0 Å². The molecule has 0 aliphatic carbocycles. The van der Waals surface area contributed by atoms with E-state index < -0.39 is 0 Å². The van der Waals surface area contributed by atoms with Crippen molar-refractivity contribution in [2.24, 2.45) is 5.92 Å². The van der Waals surface area contributed by atoms with Gasteiger partial charge in [0, 0.05) is 17.8 Å². The molecule has 1 N–H and O–H groups in total. The van der Waals surface area contributed by atoms with Crippen LogP contribution in [0.15, 0.2) is 0 Å². The highest BCUT2D eigenvalue weighted by atomic mass is 32.2. The van der Waals surface area contributed by atoms with Crippen LogP contribution in [0.4, 0.5) is 0 Å². The summed E-state index contributed by atoms with van der Waals surface area (Å²) in [4.78, 5) is 2.65. The van der Waals surface area contributed by atoms with Gasteiger partial charge >= 0.3 is 0 Å². The Kier molecular flexibility index (Phi) is 6.78. The first-order valence-corrected chi connectivity index (χ1v) is 7.90. The number of hydrogen-bond acceptors (Lipinski definition) is 3. The van der Waals surface area contributed by atoms with Crippen LogP contribution in [0.2, 0.25) is 0 Å². The molecule has 16 heavy (non-hydrogen) atoms. The van der Waals surface area contributed by atoms with Crippen molar-refractivity contribution in [2.45, 2.75) is 44.9 Å². The minimum atomic E-state index is 0.687. The molecule has 0 radical (unpaired) electrons. The molecule has 0 spiro atoms. The second-order valence-corrected chi connectivity index (χ2v) is 6.57. The number of hydrogen-bond donors (Lipinski definition) is 1. The minimum absolute atomic E-state index is 0.687. The molecule has 1 rings (SSSR count). The van der Waals surface area contributed by atoms with Gasteiger partial charge in [0.05, 0.1) is 0 Å². The number of nitrogens with zero attached hydrogens (tertiary/aromatic N) is 1. The van der Waals surface area contributed by atoms with E-state index in [0.717, 1.165) is 11.2 Å². The first-order valence-electron chi connectivity index (χ1n) is 6.62. The smallest absolute Gasteiger partial charge is 0.0217 e. The molecule has 1 fully saturated rings. The number of nitrogens with one attached hydrogen (secondary N) is 1. The Morgan fingerprint density at radius 1 is 1.38 bits per heavy atom. The molecule has 2 nitrogen and oxygen atoms in total. The number of thioether (sulfide) groups is 1. The fourth-order valence-corrected chi connectivity index (χ4v) is 2.50. The Hall–Kier alpha value is 0.270. The Morgan fingerprint density at radius 3 is 2.75 bits per heavy atom. The SMILES string of the molecule is CSC(C)CCN1CCCNC(C(C)C)C1. The Labute approximate surface area is 106 Å². The van der Waals surface area contributed by atoms with E-state index in [0.29, 0.717) is 6.04 Å². The molecule has 96 valence electrons. The van der Waals surface area contributed by atoms with Gasteiger partial charge in [-0.25, -0.2) is 0 Å². The van der Waals surface area contributed by atoms with Crippen molar-refractivity contribution < 1.29 is 0 Å². The second-order valence-electron chi connectivity index (χ2n) is 5.29. The second kappa shape index (κ2) is 7.57. The lowest BCUT2D eigenvalue weighted by atomic mass is 10.0. The molecule has 2 atom stereocenters. The zero-order valence-electron chi connectivity index (χ0n) is 11.3. The summed E-state index contributed by atoms with van der Waals surface area (Å²) in [5.74, 6) is 0.749. The molecule has 1 saturated heterocycles. The van der Waals surface area contributed by atoms with Crippen molar-refractivity contribution in [3.63, 3.8) is 0 Å². The molecule has 0 bridgehead atoms. The molecular formula is C13H28N2S. The third kappa shape index (κ3) is 5.07. The zero-order chi connectivity index (χ0) is 12.0. The topological polar surface area (TPSA) is 15.3 Å². The van der Waals surface area contributed by atoms with Gasteiger partial charge in [-0.3, -0.25) is 0 Å². The summed E-state index contributed by atoms with van der Waals surface area (Å²) in [5.41, 5.74) is 0. The minimum Gasteiger partial charge on any atom is -0.312 e. The molecule has 0 aromatic rings. The maximum absolute atomic E-state index is 3.67. The van der Waals surface area contributed by atoms with E-state index in [4.69, 9.17) is 0 Å². The van der Waals surface area contributed by atoms with Gasteiger partial charge in [0.1, 0.15) is 0 Å². The predicted octanol–water partition coefficient (Wildman–Crippen LogP) is 2.45. The molecule has 0 saturated carbocycles. The molecule has 0 aromatic carbocycles. The highest BCUT2D eigenvalue weighted by Gasteiger charge is 2.20. The third-order valence-corrected chi connectivity index (χ3v) is 4.61. The van der Waals surface area contributed by atoms with E-state index in [1.807, 2.05) is 11.8 Å². The van der Waals surface area contributed by atoms with Crippen molar-refractivity contribution >= 4 is 11.8 Å². The average molecular weight is 244 g/mol. The van der Waals surface area contributed by atoms with E-state index in [1.165, 1.54) is 39.0 Å². The van der Waals surface area contributed by atoms with Crippen LogP contribution < -0.4 is 5.32 Å². The Morgan fingerprint density at radius 2 is 2.12 bits per heavy atom. The van der Waals surface area contributed by atoms with Crippen LogP contribution in [0, 0.1) is 5.92 Å². The monoisotopic (exact) mass is 244 g/mol. The molecule has 3 heteroatoms. The van der Waals surface area contributed by atoms with Crippen molar-refractivity contribution in [1.29, 1.82) is 0 Å². The zero-order valence-corrected chi connectivity index (χ0v) is 12.1. The van der Waals surface area contributed by atoms with Gasteiger partial charge in [-0.2, -0.15) is 11.8 Å². The molecule has 0 amide bonds. The maximum atomic E-state index is 3.67. The van der Waals surface area contributed by atoms with Gasteiger partial charge in [0.25, 0.3) is 0 Å². The summed E-state index contributed by atoms with van der Waals surface area (Å²) in [7, 11) is 0. The van der Waals surface area contributed by atoms with Gasteiger partial charge in [-0.1, -0.05) is 20.8 Å².